The summed E-state index contributed by atoms with van der Waals surface area (Å²) in [5, 5.41) is 5.22. The quantitative estimate of drug-likeness (QED) is 0.608. The number of carbonyl (C=O) groups excluding carboxylic acids is 3. The van der Waals surface area contributed by atoms with E-state index < -0.39 is 11.6 Å². The molecule has 1 N–H and O–H groups in total. The smallest absolute Gasteiger partial charge is 0.410 e. The first kappa shape index (κ1) is 27.5. The molecule has 0 bridgehead atoms. The molecule has 196 valence electrons. The molecule has 0 radical (unpaired) electrons. The van der Waals surface area contributed by atoms with Crippen LogP contribution in [-0.4, -0.2) is 66.0 Å². The molecule has 0 aromatic heterocycles. The predicted octanol–water partition coefficient (Wildman–Crippen LogP) is 4.63. The molecule has 2 aromatic carbocycles. The number of rotatable bonds is 7. The largest absolute Gasteiger partial charge is 0.444 e. The second kappa shape index (κ2) is 11.8. The molecule has 1 aliphatic heterocycles. The third kappa shape index (κ3) is 7.70. The average Bonchev–Trinajstić information content (AvgIpc) is 2.81. The number of benzene rings is 2. The Morgan fingerprint density at radius 2 is 1.81 bits per heavy atom. The summed E-state index contributed by atoms with van der Waals surface area (Å²) in [6, 6.07) is 13.5. The van der Waals surface area contributed by atoms with E-state index >= 15 is 0 Å². The summed E-state index contributed by atoms with van der Waals surface area (Å²) in [6.07, 6.45) is 1.68. The van der Waals surface area contributed by atoms with Crippen molar-refractivity contribution in [3.8, 4) is 0 Å². The van der Waals surface area contributed by atoms with Gasteiger partial charge in [-0.2, -0.15) is 0 Å². The molecule has 0 aliphatic carbocycles. The van der Waals surface area contributed by atoms with Crippen LogP contribution in [0.3, 0.4) is 0 Å². The monoisotopic (exact) mass is 495 g/mol. The fourth-order valence-electron chi connectivity index (χ4n) is 4.68. The first-order valence-electron chi connectivity index (χ1n) is 12.9. The number of nitrogens with zero attached hydrogens (tertiary/aromatic N) is 2. The van der Waals surface area contributed by atoms with Gasteiger partial charge in [0.2, 0.25) is 11.8 Å². The Morgan fingerprint density at radius 1 is 1.11 bits per heavy atom. The maximum absolute atomic E-state index is 13.5. The van der Waals surface area contributed by atoms with E-state index in [0.717, 1.165) is 29.2 Å². The zero-order chi connectivity index (χ0) is 26.5. The number of likely N-dealkylation sites (tertiary alicyclic amines) is 1. The summed E-state index contributed by atoms with van der Waals surface area (Å²) in [5.74, 6) is -0.0822. The number of piperidine rings is 1. The van der Waals surface area contributed by atoms with Crippen LogP contribution in [0.25, 0.3) is 10.8 Å². The highest BCUT2D eigenvalue weighted by molar-refractivity contribution is 5.90. The van der Waals surface area contributed by atoms with Crippen LogP contribution in [0.2, 0.25) is 0 Å². The van der Waals surface area contributed by atoms with Gasteiger partial charge in [0.15, 0.2) is 0 Å². The van der Waals surface area contributed by atoms with Crippen LogP contribution in [0.1, 0.15) is 53.0 Å². The summed E-state index contributed by atoms with van der Waals surface area (Å²) in [4.78, 5) is 42.2. The Labute approximate surface area is 215 Å². The number of carbonyl (C=O) groups is 3. The number of fused-ring (bicyclic) bond motifs is 1. The molecule has 2 unspecified atom stereocenters. The van der Waals surface area contributed by atoms with Crippen molar-refractivity contribution in [1.82, 2.24) is 15.1 Å². The van der Waals surface area contributed by atoms with E-state index in [-0.39, 0.29) is 36.2 Å². The van der Waals surface area contributed by atoms with E-state index in [2.05, 4.69) is 5.32 Å². The summed E-state index contributed by atoms with van der Waals surface area (Å²) in [6.45, 7) is 11.2. The number of hydrogen-bond acceptors (Lipinski definition) is 4. The molecule has 1 fully saturated rings. The average molecular weight is 496 g/mol. The second-order valence-electron chi connectivity index (χ2n) is 11.3. The molecule has 36 heavy (non-hydrogen) atoms. The Bertz CT molecular complexity index is 1080. The SMILES string of the molecule is CC(C)C(NC(=O)Cc1ccc2ccccc2c1)C(=O)N1CCCC(CN(C)C(=O)OC(C)(C)C)C1. The maximum atomic E-state index is 13.5. The third-order valence-corrected chi connectivity index (χ3v) is 6.50. The van der Waals surface area contributed by atoms with Crippen LogP contribution in [0.4, 0.5) is 4.79 Å². The van der Waals surface area contributed by atoms with Gasteiger partial charge in [-0.25, -0.2) is 4.79 Å². The van der Waals surface area contributed by atoms with Gasteiger partial charge in [0.25, 0.3) is 0 Å². The lowest BCUT2D eigenvalue weighted by atomic mass is 9.95. The minimum Gasteiger partial charge on any atom is -0.444 e. The van der Waals surface area contributed by atoms with Crippen LogP contribution >= 0.6 is 0 Å². The van der Waals surface area contributed by atoms with Gasteiger partial charge in [-0.3, -0.25) is 9.59 Å². The van der Waals surface area contributed by atoms with Gasteiger partial charge in [-0.05, 0) is 61.8 Å². The molecule has 2 aromatic rings. The molecule has 3 amide bonds. The normalized spacial score (nSPS) is 17.1. The van der Waals surface area contributed by atoms with E-state index in [9.17, 15) is 14.4 Å². The Kier molecular flexibility index (Phi) is 8.98. The lowest BCUT2D eigenvalue weighted by molar-refractivity contribution is -0.139. The van der Waals surface area contributed by atoms with Crippen molar-refractivity contribution in [3.05, 3.63) is 48.0 Å². The number of hydrogen-bond donors (Lipinski definition) is 1. The van der Waals surface area contributed by atoms with Crippen molar-refractivity contribution < 1.29 is 19.1 Å². The molecule has 1 saturated heterocycles. The highest BCUT2D eigenvalue weighted by Gasteiger charge is 2.33. The molecule has 0 saturated carbocycles. The highest BCUT2D eigenvalue weighted by Crippen LogP contribution is 2.21. The van der Waals surface area contributed by atoms with Gasteiger partial charge in [0.05, 0.1) is 6.42 Å². The molecule has 1 heterocycles. The van der Waals surface area contributed by atoms with Gasteiger partial charge in [0, 0.05) is 26.7 Å². The standard InChI is InChI=1S/C29H41N3O4/c1-20(2)26(30-25(33)17-21-13-14-23-11-7-8-12-24(23)16-21)27(34)32-15-9-10-22(19-32)18-31(6)28(35)36-29(3,4)5/h7-8,11-14,16,20,22,26H,9-10,15,17-19H2,1-6H3,(H,30,33). The summed E-state index contributed by atoms with van der Waals surface area (Å²) < 4.78 is 5.46. The summed E-state index contributed by atoms with van der Waals surface area (Å²) in [5.41, 5.74) is 0.375. The third-order valence-electron chi connectivity index (χ3n) is 6.50. The Balaban J connectivity index is 1.59. The number of nitrogens with one attached hydrogen (secondary N) is 1. The van der Waals surface area contributed by atoms with Crippen molar-refractivity contribution in [2.45, 2.75) is 65.5 Å². The molecule has 3 rings (SSSR count). The van der Waals surface area contributed by atoms with Crippen molar-refractivity contribution in [3.63, 3.8) is 0 Å². The first-order valence-corrected chi connectivity index (χ1v) is 12.9. The van der Waals surface area contributed by atoms with Crippen LogP contribution in [0.15, 0.2) is 42.5 Å². The van der Waals surface area contributed by atoms with E-state index in [1.165, 1.54) is 0 Å². The van der Waals surface area contributed by atoms with Crippen molar-refractivity contribution in [2.75, 3.05) is 26.7 Å². The van der Waals surface area contributed by atoms with Crippen LogP contribution in [0.5, 0.6) is 0 Å². The molecule has 2 atom stereocenters. The molecule has 7 heteroatoms. The van der Waals surface area contributed by atoms with Crippen LogP contribution in [0, 0.1) is 11.8 Å². The fraction of sp³-hybridized carbons (Fsp3) is 0.552. The van der Waals surface area contributed by atoms with Crippen molar-refractivity contribution >= 4 is 28.7 Å². The zero-order valence-electron chi connectivity index (χ0n) is 22.5. The van der Waals surface area contributed by atoms with Crippen molar-refractivity contribution in [1.29, 1.82) is 0 Å². The first-order chi connectivity index (χ1) is 16.9. The molecule has 0 spiro atoms. The van der Waals surface area contributed by atoms with Gasteiger partial charge in [-0.15, -0.1) is 0 Å². The van der Waals surface area contributed by atoms with Crippen LogP contribution < -0.4 is 5.32 Å². The topological polar surface area (TPSA) is 79.0 Å². The predicted molar refractivity (Wildman–Crippen MR) is 143 cm³/mol. The zero-order valence-corrected chi connectivity index (χ0v) is 22.5. The second-order valence-corrected chi connectivity index (χ2v) is 11.3. The number of ether oxygens (including phenoxy) is 1. The fourth-order valence-corrected chi connectivity index (χ4v) is 4.68. The molecule has 7 nitrogen and oxygen atoms in total. The van der Waals surface area contributed by atoms with Gasteiger partial charge >= 0.3 is 6.09 Å². The van der Waals surface area contributed by atoms with E-state index in [4.69, 9.17) is 4.74 Å². The van der Waals surface area contributed by atoms with E-state index in [1.54, 1.807) is 11.9 Å². The Hall–Kier alpha value is -3.09. The lowest BCUT2D eigenvalue weighted by Crippen LogP contribution is -2.54. The van der Waals surface area contributed by atoms with E-state index in [0.29, 0.717) is 19.6 Å². The molecular weight excluding hydrogens is 454 g/mol. The van der Waals surface area contributed by atoms with Gasteiger partial charge < -0.3 is 19.9 Å². The minimum atomic E-state index is -0.583. The minimum absolute atomic E-state index is 0.0390. The van der Waals surface area contributed by atoms with Gasteiger partial charge in [0.1, 0.15) is 11.6 Å². The summed E-state index contributed by atoms with van der Waals surface area (Å²) >= 11 is 0. The lowest BCUT2D eigenvalue weighted by Gasteiger charge is -2.37. The summed E-state index contributed by atoms with van der Waals surface area (Å²) in [7, 11) is 1.73. The van der Waals surface area contributed by atoms with Crippen molar-refractivity contribution in [2.24, 2.45) is 11.8 Å². The number of amides is 3. The Morgan fingerprint density at radius 3 is 2.47 bits per heavy atom. The molecular formula is C29H41N3O4. The molecule has 1 aliphatic rings. The highest BCUT2D eigenvalue weighted by atomic mass is 16.6. The van der Waals surface area contributed by atoms with Gasteiger partial charge in [-0.1, -0.05) is 56.3 Å². The maximum Gasteiger partial charge on any atom is 0.410 e. The van der Waals surface area contributed by atoms with E-state index in [1.807, 2.05) is 82.0 Å². The van der Waals surface area contributed by atoms with Crippen LogP contribution in [-0.2, 0) is 20.7 Å².